The van der Waals surface area contributed by atoms with Crippen molar-refractivity contribution >= 4 is 5.97 Å². The molecule has 0 aliphatic rings. The van der Waals surface area contributed by atoms with Crippen LogP contribution in [0.15, 0.2) is 48.5 Å². The van der Waals surface area contributed by atoms with Gasteiger partial charge >= 0.3 is 5.97 Å². The average Bonchev–Trinajstić information content (AvgIpc) is 2.69. The van der Waals surface area contributed by atoms with Crippen molar-refractivity contribution in [1.29, 1.82) is 0 Å². The van der Waals surface area contributed by atoms with Gasteiger partial charge in [-0.1, -0.05) is 24.3 Å². The van der Waals surface area contributed by atoms with Crippen LogP contribution < -0.4 is 10.1 Å². The van der Waals surface area contributed by atoms with Gasteiger partial charge in [-0.15, -0.1) is 0 Å². The van der Waals surface area contributed by atoms with Gasteiger partial charge < -0.3 is 25.0 Å². The molecule has 0 saturated heterocycles. The van der Waals surface area contributed by atoms with Gasteiger partial charge in [0.1, 0.15) is 11.5 Å². The minimum absolute atomic E-state index is 0.132. The lowest BCUT2D eigenvalue weighted by molar-refractivity contribution is -0.158. The lowest BCUT2D eigenvalue weighted by Crippen LogP contribution is -2.39. The topological polar surface area (TPSA) is 88.0 Å². The molecule has 6 heteroatoms. The molecule has 0 saturated carbocycles. The first-order valence-electron chi connectivity index (χ1n) is 9.88. The molecule has 0 fully saturated rings. The van der Waals surface area contributed by atoms with Gasteiger partial charge in [0.15, 0.2) is 5.60 Å². The van der Waals surface area contributed by atoms with E-state index in [0.717, 1.165) is 17.5 Å². The number of hydrogen-bond acceptors (Lipinski definition) is 6. The summed E-state index contributed by atoms with van der Waals surface area (Å²) in [5.74, 6) is 0.393. The van der Waals surface area contributed by atoms with Gasteiger partial charge in [-0.2, -0.15) is 0 Å². The number of aliphatic hydroxyl groups excluding tert-OH is 1. The second kappa shape index (κ2) is 10.3. The summed E-state index contributed by atoms with van der Waals surface area (Å²) in [4.78, 5) is 11.9. The van der Waals surface area contributed by atoms with Gasteiger partial charge in [0.05, 0.1) is 12.7 Å². The number of phenolic OH excluding ortho intramolecular Hbond substituents is 1. The van der Waals surface area contributed by atoms with E-state index in [4.69, 9.17) is 9.47 Å². The first kappa shape index (κ1) is 22.7. The molecule has 0 aliphatic carbocycles. The van der Waals surface area contributed by atoms with E-state index in [9.17, 15) is 15.0 Å². The van der Waals surface area contributed by atoms with Crippen LogP contribution in [0, 0.1) is 0 Å². The van der Waals surface area contributed by atoms with Crippen LogP contribution in [0.25, 0.3) is 0 Å². The zero-order valence-electron chi connectivity index (χ0n) is 17.5. The Balaban J connectivity index is 1.82. The molecular weight excluding hydrogens is 370 g/mol. The number of carbonyl (C=O) groups excluding carboxylic acids is 1. The maximum Gasteiger partial charge on any atom is 0.349 e. The highest BCUT2D eigenvalue weighted by Gasteiger charge is 2.31. The molecule has 29 heavy (non-hydrogen) atoms. The number of phenols is 1. The molecule has 0 radical (unpaired) electrons. The Morgan fingerprint density at radius 3 is 2.31 bits per heavy atom. The van der Waals surface area contributed by atoms with Gasteiger partial charge in [-0.05, 0) is 76.1 Å². The van der Waals surface area contributed by atoms with Crippen molar-refractivity contribution in [2.75, 3.05) is 13.2 Å². The molecule has 0 aromatic heterocycles. The summed E-state index contributed by atoms with van der Waals surface area (Å²) in [6, 6.07) is 14.0. The predicted octanol–water partition coefficient (Wildman–Crippen LogP) is 3.37. The molecule has 2 aromatic rings. The zero-order valence-corrected chi connectivity index (χ0v) is 17.5. The standard InChI is InChI=1S/C23H31NO5/c1-5-28-22(27)23(3,4)29-20-12-6-17(7-13-20)14-15-24-16(2)21(26)18-8-10-19(25)11-9-18/h6-13,16,21,24-26H,5,14-15H2,1-4H3/t16-,21+/m0/s1. The summed E-state index contributed by atoms with van der Waals surface area (Å²) < 4.78 is 10.8. The van der Waals surface area contributed by atoms with Gasteiger partial charge in [0, 0.05) is 6.04 Å². The molecule has 2 atom stereocenters. The van der Waals surface area contributed by atoms with E-state index in [1.807, 2.05) is 31.2 Å². The molecule has 2 rings (SSSR count). The van der Waals surface area contributed by atoms with Crippen LogP contribution in [0.5, 0.6) is 11.5 Å². The van der Waals surface area contributed by atoms with Crippen LogP contribution in [-0.2, 0) is 16.0 Å². The smallest absolute Gasteiger partial charge is 0.349 e. The van der Waals surface area contributed by atoms with E-state index >= 15 is 0 Å². The monoisotopic (exact) mass is 401 g/mol. The highest BCUT2D eigenvalue weighted by Crippen LogP contribution is 2.21. The van der Waals surface area contributed by atoms with Crippen LogP contribution in [0.1, 0.15) is 44.9 Å². The van der Waals surface area contributed by atoms with Crippen molar-refractivity contribution in [2.45, 2.75) is 51.9 Å². The fourth-order valence-electron chi connectivity index (χ4n) is 2.88. The molecule has 2 aromatic carbocycles. The molecule has 6 nitrogen and oxygen atoms in total. The molecule has 0 amide bonds. The number of carbonyl (C=O) groups is 1. The Hall–Kier alpha value is -2.57. The number of benzene rings is 2. The number of rotatable bonds is 10. The van der Waals surface area contributed by atoms with E-state index in [-0.39, 0.29) is 11.8 Å². The molecule has 0 bridgehead atoms. The second-order valence-corrected chi connectivity index (χ2v) is 7.51. The molecule has 0 unspecified atom stereocenters. The fraction of sp³-hybridized carbons (Fsp3) is 0.435. The van der Waals surface area contributed by atoms with Gasteiger partial charge in [0.2, 0.25) is 0 Å². The SMILES string of the molecule is CCOC(=O)C(C)(C)Oc1ccc(CCN[C@@H](C)[C@@H](O)c2ccc(O)cc2)cc1. The fourth-order valence-corrected chi connectivity index (χ4v) is 2.88. The van der Waals surface area contributed by atoms with Crippen molar-refractivity contribution in [3.05, 3.63) is 59.7 Å². The number of esters is 1. The zero-order chi connectivity index (χ0) is 21.4. The molecule has 0 spiro atoms. The number of nitrogens with one attached hydrogen (secondary N) is 1. The van der Waals surface area contributed by atoms with Crippen LogP contribution in [-0.4, -0.2) is 41.0 Å². The summed E-state index contributed by atoms with van der Waals surface area (Å²) in [6.07, 6.45) is 0.130. The van der Waals surface area contributed by atoms with Crippen LogP contribution in [0.4, 0.5) is 0 Å². The van der Waals surface area contributed by atoms with E-state index in [1.165, 1.54) is 0 Å². The number of hydrogen-bond donors (Lipinski definition) is 3. The summed E-state index contributed by atoms with van der Waals surface area (Å²) >= 11 is 0. The Morgan fingerprint density at radius 2 is 1.72 bits per heavy atom. The first-order chi connectivity index (χ1) is 13.7. The first-order valence-corrected chi connectivity index (χ1v) is 9.88. The maximum absolute atomic E-state index is 11.9. The molecule has 0 aliphatic heterocycles. The van der Waals surface area contributed by atoms with E-state index < -0.39 is 17.7 Å². The largest absolute Gasteiger partial charge is 0.508 e. The summed E-state index contributed by atoms with van der Waals surface area (Å²) in [5.41, 5.74) is 0.831. The highest BCUT2D eigenvalue weighted by molar-refractivity contribution is 5.79. The van der Waals surface area contributed by atoms with Crippen molar-refractivity contribution in [2.24, 2.45) is 0 Å². The Labute approximate surface area is 172 Å². The molecule has 158 valence electrons. The van der Waals surface area contributed by atoms with E-state index in [1.54, 1.807) is 45.0 Å². The third-order valence-electron chi connectivity index (χ3n) is 4.65. The summed E-state index contributed by atoms with van der Waals surface area (Å²) in [5, 5.41) is 23.1. The molecular formula is C23H31NO5. The highest BCUT2D eigenvalue weighted by atomic mass is 16.6. The molecule has 0 heterocycles. The van der Waals surface area contributed by atoms with E-state index in [0.29, 0.717) is 18.9 Å². The van der Waals surface area contributed by atoms with Crippen LogP contribution in [0.2, 0.25) is 0 Å². The van der Waals surface area contributed by atoms with Crippen LogP contribution >= 0.6 is 0 Å². The molecule has 3 N–H and O–H groups in total. The number of ether oxygens (including phenoxy) is 2. The Bertz CT molecular complexity index is 771. The van der Waals surface area contributed by atoms with E-state index in [2.05, 4.69) is 5.32 Å². The lowest BCUT2D eigenvalue weighted by atomic mass is 10.0. The van der Waals surface area contributed by atoms with Crippen molar-refractivity contribution in [3.8, 4) is 11.5 Å². The maximum atomic E-state index is 11.9. The summed E-state index contributed by atoms with van der Waals surface area (Å²) in [6.45, 7) is 8.07. The Morgan fingerprint density at radius 1 is 1.10 bits per heavy atom. The third kappa shape index (κ3) is 6.76. The lowest BCUT2D eigenvalue weighted by Gasteiger charge is -2.24. The normalized spacial score (nSPS) is 13.6. The number of aliphatic hydroxyl groups is 1. The second-order valence-electron chi connectivity index (χ2n) is 7.51. The Kier molecular flexibility index (Phi) is 8.05. The minimum Gasteiger partial charge on any atom is -0.508 e. The van der Waals surface area contributed by atoms with Crippen molar-refractivity contribution in [3.63, 3.8) is 0 Å². The third-order valence-corrected chi connectivity index (χ3v) is 4.65. The van der Waals surface area contributed by atoms with Gasteiger partial charge in [-0.3, -0.25) is 0 Å². The average molecular weight is 402 g/mol. The van der Waals surface area contributed by atoms with Crippen molar-refractivity contribution in [1.82, 2.24) is 5.32 Å². The van der Waals surface area contributed by atoms with Crippen molar-refractivity contribution < 1.29 is 24.5 Å². The van der Waals surface area contributed by atoms with Gasteiger partial charge in [-0.25, -0.2) is 4.79 Å². The number of aromatic hydroxyl groups is 1. The minimum atomic E-state index is -1.04. The van der Waals surface area contributed by atoms with Crippen LogP contribution in [0.3, 0.4) is 0 Å². The predicted molar refractivity (Wildman–Crippen MR) is 112 cm³/mol. The quantitative estimate of drug-likeness (QED) is 0.529. The van der Waals surface area contributed by atoms with Gasteiger partial charge in [0.25, 0.3) is 0 Å². The summed E-state index contributed by atoms with van der Waals surface area (Å²) in [7, 11) is 0.